The lowest BCUT2D eigenvalue weighted by Crippen LogP contribution is -2.66. The minimum atomic E-state index is -2.92. The monoisotopic (exact) mass is 289 g/mol. The fraction of sp³-hybridized carbons (Fsp3) is 1.00. The molecule has 2 aliphatic rings. The molecule has 0 aromatic rings. The van der Waals surface area contributed by atoms with E-state index in [4.69, 9.17) is 5.73 Å². The second-order valence-electron chi connectivity index (χ2n) is 6.11. The number of nitrogens with two attached hydrogens (primary N) is 1. The number of likely N-dealkylation sites (N-methyl/N-ethyl adjacent to an activating group) is 1. The van der Waals surface area contributed by atoms with Gasteiger partial charge in [-0.1, -0.05) is 6.92 Å². The van der Waals surface area contributed by atoms with Gasteiger partial charge in [-0.25, -0.2) is 8.42 Å². The van der Waals surface area contributed by atoms with Crippen LogP contribution in [0, 0.1) is 0 Å². The second kappa shape index (κ2) is 5.68. The molecule has 0 radical (unpaired) electrons. The molecule has 0 saturated carbocycles. The standard InChI is InChI=1S/C13H27N3O2S/c1-3-12-9-16(7-6-15(12)2)13(10-14)5-4-8-19(17,18)11-13/h12H,3-11,14H2,1-2H3. The molecule has 0 amide bonds. The summed E-state index contributed by atoms with van der Waals surface area (Å²) in [5, 5.41) is 0. The predicted octanol–water partition coefficient (Wildman–Crippen LogP) is -0.0815. The summed E-state index contributed by atoms with van der Waals surface area (Å²) in [6, 6.07) is 0.516. The average Bonchev–Trinajstić information content (AvgIpc) is 2.38. The van der Waals surface area contributed by atoms with Gasteiger partial charge in [-0.05, 0) is 26.3 Å². The van der Waals surface area contributed by atoms with E-state index in [0.717, 1.165) is 38.9 Å². The average molecular weight is 289 g/mol. The maximum absolute atomic E-state index is 12.0. The Hall–Kier alpha value is -0.170. The number of piperazine rings is 1. The normalized spacial score (nSPS) is 37.3. The summed E-state index contributed by atoms with van der Waals surface area (Å²) in [6.45, 7) is 5.52. The lowest BCUT2D eigenvalue weighted by atomic mass is 9.91. The van der Waals surface area contributed by atoms with Crippen LogP contribution in [-0.2, 0) is 9.84 Å². The van der Waals surface area contributed by atoms with E-state index in [-0.39, 0.29) is 11.3 Å². The smallest absolute Gasteiger partial charge is 0.152 e. The topological polar surface area (TPSA) is 66.6 Å². The highest BCUT2D eigenvalue weighted by molar-refractivity contribution is 7.91. The van der Waals surface area contributed by atoms with Crippen LogP contribution >= 0.6 is 0 Å². The van der Waals surface area contributed by atoms with Crippen LogP contribution < -0.4 is 5.73 Å². The summed E-state index contributed by atoms with van der Waals surface area (Å²) < 4.78 is 24.0. The Balaban J connectivity index is 2.17. The molecule has 2 heterocycles. The number of sulfone groups is 1. The summed E-state index contributed by atoms with van der Waals surface area (Å²) in [5.41, 5.74) is 5.68. The van der Waals surface area contributed by atoms with Crippen molar-refractivity contribution in [1.82, 2.24) is 9.80 Å². The Bertz CT molecular complexity index is 412. The first-order valence-corrected chi connectivity index (χ1v) is 9.10. The molecule has 2 N–H and O–H groups in total. The zero-order valence-corrected chi connectivity index (χ0v) is 13.0. The van der Waals surface area contributed by atoms with Crippen LogP contribution in [0.4, 0.5) is 0 Å². The van der Waals surface area contributed by atoms with Crippen molar-refractivity contribution >= 4 is 9.84 Å². The van der Waals surface area contributed by atoms with E-state index in [0.29, 0.717) is 18.3 Å². The van der Waals surface area contributed by atoms with E-state index in [9.17, 15) is 8.42 Å². The van der Waals surface area contributed by atoms with Gasteiger partial charge in [-0.3, -0.25) is 4.90 Å². The van der Waals surface area contributed by atoms with Crippen molar-refractivity contribution < 1.29 is 8.42 Å². The molecule has 2 rings (SSSR count). The van der Waals surface area contributed by atoms with E-state index >= 15 is 0 Å². The molecule has 2 unspecified atom stereocenters. The molecule has 0 bridgehead atoms. The zero-order chi connectivity index (χ0) is 14.1. The molecule has 0 spiro atoms. The van der Waals surface area contributed by atoms with Gasteiger partial charge in [0, 0.05) is 37.8 Å². The summed E-state index contributed by atoms with van der Waals surface area (Å²) in [5.74, 6) is 0.580. The van der Waals surface area contributed by atoms with Crippen molar-refractivity contribution in [2.24, 2.45) is 5.73 Å². The SMILES string of the molecule is CCC1CN(C2(CN)CCCS(=O)(=O)C2)CCN1C. The Labute approximate surface area is 117 Å². The highest BCUT2D eigenvalue weighted by atomic mass is 32.2. The summed E-state index contributed by atoms with van der Waals surface area (Å²) in [7, 11) is -0.774. The first-order chi connectivity index (χ1) is 8.92. The van der Waals surface area contributed by atoms with E-state index in [1.807, 2.05) is 0 Å². The van der Waals surface area contributed by atoms with Crippen molar-refractivity contribution in [3.63, 3.8) is 0 Å². The first-order valence-electron chi connectivity index (χ1n) is 7.28. The van der Waals surface area contributed by atoms with Crippen LogP contribution in [0.1, 0.15) is 26.2 Å². The fourth-order valence-electron chi connectivity index (χ4n) is 3.53. The minimum Gasteiger partial charge on any atom is -0.329 e. The molecule has 2 atom stereocenters. The van der Waals surface area contributed by atoms with Gasteiger partial charge in [-0.15, -0.1) is 0 Å². The largest absolute Gasteiger partial charge is 0.329 e. The third kappa shape index (κ3) is 3.12. The summed E-state index contributed by atoms with van der Waals surface area (Å²) >= 11 is 0. The zero-order valence-electron chi connectivity index (χ0n) is 12.1. The highest BCUT2D eigenvalue weighted by Crippen LogP contribution is 2.30. The Morgan fingerprint density at radius 1 is 1.37 bits per heavy atom. The van der Waals surface area contributed by atoms with Crippen molar-refractivity contribution in [3.8, 4) is 0 Å². The van der Waals surface area contributed by atoms with Crippen LogP contribution in [0.2, 0.25) is 0 Å². The maximum Gasteiger partial charge on any atom is 0.152 e. The van der Waals surface area contributed by atoms with E-state index in [2.05, 4.69) is 23.8 Å². The lowest BCUT2D eigenvalue weighted by Gasteiger charge is -2.50. The van der Waals surface area contributed by atoms with E-state index in [1.165, 1.54) is 0 Å². The molecule has 2 aliphatic heterocycles. The molecule has 19 heavy (non-hydrogen) atoms. The van der Waals surface area contributed by atoms with Crippen molar-refractivity contribution in [2.45, 2.75) is 37.8 Å². The second-order valence-corrected chi connectivity index (χ2v) is 8.30. The number of hydrogen-bond acceptors (Lipinski definition) is 5. The van der Waals surface area contributed by atoms with E-state index < -0.39 is 9.84 Å². The maximum atomic E-state index is 12.0. The highest BCUT2D eigenvalue weighted by Gasteiger charge is 2.44. The molecule has 0 aromatic heterocycles. The van der Waals surface area contributed by atoms with Gasteiger partial charge >= 0.3 is 0 Å². The Morgan fingerprint density at radius 3 is 2.68 bits per heavy atom. The number of hydrogen-bond donors (Lipinski definition) is 1. The first kappa shape index (κ1) is 15.2. The van der Waals surface area contributed by atoms with Crippen LogP contribution in [0.15, 0.2) is 0 Å². The van der Waals surface area contributed by atoms with Crippen LogP contribution in [0.5, 0.6) is 0 Å². The predicted molar refractivity (Wildman–Crippen MR) is 78.0 cm³/mol. The molecule has 2 fully saturated rings. The Kier molecular flexibility index (Phi) is 4.55. The Morgan fingerprint density at radius 2 is 2.11 bits per heavy atom. The van der Waals surface area contributed by atoms with Gasteiger partial charge in [0.2, 0.25) is 0 Å². The molecule has 0 aromatic carbocycles. The molecular formula is C13H27N3O2S. The van der Waals surface area contributed by atoms with Crippen LogP contribution in [-0.4, -0.2) is 74.5 Å². The molecule has 0 aliphatic carbocycles. The van der Waals surface area contributed by atoms with Gasteiger partial charge < -0.3 is 10.6 Å². The summed E-state index contributed by atoms with van der Waals surface area (Å²) in [4.78, 5) is 4.73. The van der Waals surface area contributed by atoms with E-state index in [1.54, 1.807) is 0 Å². The quantitative estimate of drug-likeness (QED) is 0.787. The molecule has 2 saturated heterocycles. The molecule has 6 heteroatoms. The molecular weight excluding hydrogens is 262 g/mol. The number of nitrogens with zero attached hydrogens (tertiary/aromatic N) is 2. The van der Waals surface area contributed by atoms with Crippen molar-refractivity contribution in [1.29, 1.82) is 0 Å². The third-order valence-electron chi connectivity index (χ3n) is 4.89. The van der Waals surface area contributed by atoms with Crippen LogP contribution in [0.25, 0.3) is 0 Å². The van der Waals surface area contributed by atoms with Gasteiger partial charge in [-0.2, -0.15) is 0 Å². The number of rotatable bonds is 3. The molecule has 5 nitrogen and oxygen atoms in total. The third-order valence-corrected chi connectivity index (χ3v) is 6.77. The lowest BCUT2D eigenvalue weighted by molar-refractivity contribution is 0.0161. The van der Waals surface area contributed by atoms with Gasteiger partial charge in [0.15, 0.2) is 9.84 Å². The summed E-state index contributed by atoms with van der Waals surface area (Å²) in [6.07, 6.45) is 2.77. The van der Waals surface area contributed by atoms with Crippen molar-refractivity contribution in [2.75, 3.05) is 44.7 Å². The van der Waals surface area contributed by atoms with Crippen LogP contribution in [0.3, 0.4) is 0 Å². The van der Waals surface area contributed by atoms with Gasteiger partial charge in [0.25, 0.3) is 0 Å². The molecule has 112 valence electrons. The van der Waals surface area contributed by atoms with Gasteiger partial charge in [0.1, 0.15) is 0 Å². The van der Waals surface area contributed by atoms with Gasteiger partial charge in [0.05, 0.1) is 11.5 Å². The minimum absolute atomic E-state index is 0.247. The fourth-order valence-corrected chi connectivity index (χ4v) is 5.52. The van der Waals surface area contributed by atoms with Crippen molar-refractivity contribution in [3.05, 3.63) is 0 Å².